The Hall–Kier alpha value is -2.24. The Morgan fingerprint density at radius 1 is 1.03 bits per heavy atom. The Labute approximate surface area is 201 Å². The van der Waals surface area contributed by atoms with Crippen molar-refractivity contribution < 1.29 is 14.3 Å². The van der Waals surface area contributed by atoms with Gasteiger partial charge in [-0.15, -0.1) is 0 Å². The minimum Gasteiger partial charge on any atom is -0.483 e. The number of benzene rings is 2. The van der Waals surface area contributed by atoms with E-state index in [4.69, 9.17) is 27.9 Å². The van der Waals surface area contributed by atoms with Crippen molar-refractivity contribution in [2.45, 2.75) is 54.1 Å². The zero-order valence-corrected chi connectivity index (χ0v) is 21.1. The third kappa shape index (κ3) is 7.14. The number of aryl methyl sites for hydroxylation is 2. The summed E-state index contributed by atoms with van der Waals surface area (Å²) in [5.74, 6) is 0.472. The van der Waals surface area contributed by atoms with Gasteiger partial charge in [0.25, 0.3) is 5.91 Å². The minimum absolute atomic E-state index is 0.174. The lowest BCUT2D eigenvalue weighted by Crippen LogP contribution is -2.49. The minimum atomic E-state index is -0.681. The Bertz CT molecular complexity index is 976. The smallest absolute Gasteiger partial charge is 0.261 e. The number of carbonyl (C=O) groups is 2. The second-order valence-electron chi connectivity index (χ2n) is 8.58. The molecule has 0 radical (unpaired) electrons. The molecule has 0 aliphatic heterocycles. The summed E-state index contributed by atoms with van der Waals surface area (Å²) < 4.78 is 5.88. The maximum absolute atomic E-state index is 13.2. The monoisotopic (exact) mass is 478 g/mol. The molecule has 0 unspecified atom stereocenters. The molecule has 32 heavy (non-hydrogen) atoms. The fraction of sp³-hybridized carbons (Fsp3) is 0.440. The van der Waals surface area contributed by atoms with Crippen molar-refractivity contribution in [1.82, 2.24) is 10.2 Å². The van der Waals surface area contributed by atoms with E-state index in [1.54, 1.807) is 25.1 Å². The highest BCUT2D eigenvalue weighted by atomic mass is 35.5. The van der Waals surface area contributed by atoms with Crippen molar-refractivity contribution >= 4 is 35.0 Å². The number of nitrogens with one attached hydrogen (secondary N) is 1. The van der Waals surface area contributed by atoms with Crippen molar-refractivity contribution in [3.63, 3.8) is 0 Å². The van der Waals surface area contributed by atoms with E-state index < -0.39 is 6.04 Å². The highest BCUT2D eigenvalue weighted by molar-refractivity contribution is 6.42. The molecule has 0 aliphatic carbocycles. The maximum atomic E-state index is 13.2. The van der Waals surface area contributed by atoms with Crippen molar-refractivity contribution in [2.24, 2.45) is 5.92 Å². The largest absolute Gasteiger partial charge is 0.483 e. The normalized spacial score (nSPS) is 11.9. The van der Waals surface area contributed by atoms with E-state index in [0.29, 0.717) is 28.3 Å². The topological polar surface area (TPSA) is 58.6 Å². The summed E-state index contributed by atoms with van der Waals surface area (Å²) >= 11 is 12.2. The van der Waals surface area contributed by atoms with Gasteiger partial charge in [-0.2, -0.15) is 0 Å². The van der Waals surface area contributed by atoms with Gasteiger partial charge < -0.3 is 15.0 Å². The van der Waals surface area contributed by atoms with Gasteiger partial charge in [-0.1, -0.05) is 49.2 Å². The number of rotatable bonds is 9. The van der Waals surface area contributed by atoms with Gasteiger partial charge in [0.05, 0.1) is 10.0 Å². The van der Waals surface area contributed by atoms with Crippen LogP contribution in [0, 0.1) is 26.7 Å². The first kappa shape index (κ1) is 26.0. The van der Waals surface area contributed by atoms with Crippen LogP contribution in [0.25, 0.3) is 0 Å². The van der Waals surface area contributed by atoms with E-state index in [-0.39, 0.29) is 25.0 Å². The predicted octanol–water partition coefficient (Wildman–Crippen LogP) is 5.49. The molecule has 174 valence electrons. The van der Waals surface area contributed by atoms with Gasteiger partial charge in [-0.25, -0.2) is 0 Å². The van der Waals surface area contributed by atoms with Crippen molar-refractivity contribution in [3.05, 3.63) is 62.6 Å². The summed E-state index contributed by atoms with van der Waals surface area (Å²) in [7, 11) is 0. The predicted molar refractivity (Wildman–Crippen MR) is 130 cm³/mol. The number of hydrogen-bond donors (Lipinski definition) is 1. The van der Waals surface area contributed by atoms with Crippen molar-refractivity contribution in [1.29, 1.82) is 0 Å². The summed E-state index contributed by atoms with van der Waals surface area (Å²) in [4.78, 5) is 27.4. The zero-order valence-electron chi connectivity index (χ0n) is 19.6. The average Bonchev–Trinajstić information content (AvgIpc) is 2.73. The number of halogens is 2. The first-order chi connectivity index (χ1) is 15.0. The Balaban J connectivity index is 2.22. The van der Waals surface area contributed by atoms with Crippen LogP contribution in [-0.4, -0.2) is 35.9 Å². The second kappa shape index (κ2) is 11.6. The lowest BCUT2D eigenvalue weighted by atomic mass is 10.1. The Kier molecular flexibility index (Phi) is 9.41. The molecule has 1 N–H and O–H groups in total. The van der Waals surface area contributed by atoms with Crippen LogP contribution in [0.15, 0.2) is 30.3 Å². The average molecular weight is 479 g/mol. The summed E-state index contributed by atoms with van der Waals surface area (Å²) in [5.41, 5.74) is 3.92. The third-order valence-electron chi connectivity index (χ3n) is 5.30. The van der Waals surface area contributed by atoms with E-state index in [2.05, 4.69) is 11.4 Å². The summed E-state index contributed by atoms with van der Waals surface area (Å²) in [6, 6.07) is 8.49. The molecule has 0 heterocycles. The number of ether oxygens (including phenoxy) is 1. The molecule has 2 aromatic rings. The quantitative estimate of drug-likeness (QED) is 0.518. The van der Waals surface area contributed by atoms with E-state index >= 15 is 0 Å². The summed E-state index contributed by atoms with van der Waals surface area (Å²) in [6.07, 6.45) is 0. The van der Waals surface area contributed by atoms with Gasteiger partial charge in [0.2, 0.25) is 5.91 Å². The molecular weight excluding hydrogens is 447 g/mol. The fourth-order valence-electron chi connectivity index (χ4n) is 3.24. The van der Waals surface area contributed by atoms with Crippen LogP contribution in [0.2, 0.25) is 10.0 Å². The Morgan fingerprint density at radius 3 is 2.34 bits per heavy atom. The molecular formula is C25H32Cl2N2O3. The van der Waals surface area contributed by atoms with E-state index in [1.165, 1.54) is 4.90 Å². The van der Waals surface area contributed by atoms with Gasteiger partial charge in [-0.05, 0) is 74.1 Å². The van der Waals surface area contributed by atoms with Crippen molar-refractivity contribution in [2.75, 3.05) is 13.2 Å². The standard InChI is InChI=1S/C25H32Cl2N2O3/c1-15(2)12-28-25(31)19(6)29(13-20-7-8-21(26)22(27)11-20)24(30)14-32-23-10-16(3)9-17(4)18(23)5/h7-11,15,19H,12-14H2,1-6H3,(H,28,31)/t19-/m1/s1. The molecule has 0 bridgehead atoms. The number of carbonyl (C=O) groups excluding carboxylic acids is 2. The third-order valence-corrected chi connectivity index (χ3v) is 6.04. The van der Waals surface area contributed by atoms with Gasteiger partial charge in [-0.3, -0.25) is 9.59 Å². The highest BCUT2D eigenvalue weighted by Gasteiger charge is 2.27. The van der Waals surface area contributed by atoms with Crippen LogP contribution in [0.3, 0.4) is 0 Å². The van der Waals surface area contributed by atoms with Gasteiger partial charge >= 0.3 is 0 Å². The molecule has 2 rings (SSSR count). The van der Waals surface area contributed by atoms with Gasteiger partial charge in [0.1, 0.15) is 11.8 Å². The molecule has 0 spiro atoms. The molecule has 7 heteroatoms. The van der Waals surface area contributed by atoms with E-state index in [0.717, 1.165) is 22.3 Å². The van der Waals surface area contributed by atoms with E-state index in [9.17, 15) is 9.59 Å². The molecule has 0 aliphatic rings. The molecule has 2 amide bonds. The molecule has 2 aromatic carbocycles. The van der Waals surface area contributed by atoms with Crippen LogP contribution in [0.4, 0.5) is 0 Å². The maximum Gasteiger partial charge on any atom is 0.261 e. The molecule has 5 nitrogen and oxygen atoms in total. The molecule has 0 saturated carbocycles. The number of nitrogens with zero attached hydrogens (tertiary/aromatic N) is 1. The molecule has 0 saturated heterocycles. The van der Waals surface area contributed by atoms with Crippen LogP contribution >= 0.6 is 23.2 Å². The molecule has 1 atom stereocenters. The van der Waals surface area contributed by atoms with Gasteiger partial charge in [0, 0.05) is 13.1 Å². The fourth-order valence-corrected chi connectivity index (χ4v) is 3.56. The van der Waals surface area contributed by atoms with Crippen LogP contribution < -0.4 is 10.1 Å². The second-order valence-corrected chi connectivity index (χ2v) is 9.39. The Morgan fingerprint density at radius 2 is 1.72 bits per heavy atom. The van der Waals surface area contributed by atoms with Crippen LogP contribution in [0.1, 0.15) is 43.0 Å². The SMILES string of the molecule is Cc1cc(C)c(C)c(OCC(=O)N(Cc2ccc(Cl)c(Cl)c2)[C@H](C)C(=O)NCC(C)C)c1. The zero-order chi connectivity index (χ0) is 24.0. The van der Waals surface area contributed by atoms with E-state index in [1.807, 2.05) is 40.7 Å². The first-order valence-corrected chi connectivity index (χ1v) is 11.5. The van der Waals surface area contributed by atoms with Crippen molar-refractivity contribution in [3.8, 4) is 5.75 Å². The number of amides is 2. The first-order valence-electron chi connectivity index (χ1n) is 10.7. The number of hydrogen-bond acceptors (Lipinski definition) is 3. The lowest BCUT2D eigenvalue weighted by molar-refractivity contribution is -0.142. The van der Waals surface area contributed by atoms with Crippen LogP contribution in [-0.2, 0) is 16.1 Å². The summed E-state index contributed by atoms with van der Waals surface area (Å²) in [6.45, 7) is 12.3. The van der Waals surface area contributed by atoms with Gasteiger partial charge in [0.15, 0.2) is 6.61 Å². The molecule has 0 fully saturated rings. The lowest BCUT2D eigenvalue weighted by Gasteiger charge is -2.29. The summed E-state index contributed by atoms with van der Waals surface area (Å²) in [5, 5.41) is 3.73. The molecule has 0 aromatic heterocycles. The van der Waals surface area contributed by atoms with Crippen LogP contribution in [0.5, 0.6) is 5.75 Å². The highest BCUT2D eigenvalue weighted by Crippen LogP contribution is 2.25.